The Labute approximate surface area is 181 Å². The number of aromatic nitrogens is 3. The lowest BCUT2D eigenvalue weighted by molar-refractivity contribution is -0.0767. The minimum absolute atomic E-state index is 0.130. The van der Waals surface area contributed by atoms with Crippen LogP contribution in [0.15, 0.2) is 6.20 Å². The van der Waals surface area contributed by atoms with E-state index in [0.29, 0.717) is 25.3 Å². The summed E-state index contributed by atoms with van der Waals surface area (Å²) in [5, 5.41) is 8.26. The Balaban J connectivity index is 2.83. The Morgan fingerprint density at radius 1 is 1.07 bits per heavy atom. The third-order valence-electron chi connectivity index (χ3n) is 5.24. The Bertz CT molecular complexity index is 608. The maximum Gasteiger partial charge on any atom is 0.146 e. The highest BCUT2D eigenvalue weighted by Gasteiger charge is 2.24. The van der Waals surface area contributed by atoms with Gasteiger partial charge < -0.3 is 18.9 Å². The Morgan fingerprint density at radius 2 is 1.69 bits per heavy atom. The molecule has 1 heterocycles. The summed E-state index contributed by atoms with van der Waals surface area (Å²) in [6, 6.07) is 3.56. The van der Waals surface area contributed by atoms with Gasteiger partial charge in [0.2, 0.25) is 0 Å². The zero-order valence-electron chi connectivity index (χ0n) is 18.4. The van der Waals surface area contributed by atoms with Gasteiger partial charge in [-0.3, -0.25) is 0 Å². The molecule has 2 atom stereocenters. The molecule has 1 rings (SSSR count). The second-order valence-corrected chi connectivity index (χ2v) is 12.2. The van der Waals surface area contributed by atoms with Crippen molar-refractivity contribution in [3.8, 4) is 11.5 Å². The van der Waals surface area contributed by atoms with Gasteiger partial charge in [0.25, 0.3) is 0 Å². The van der Waals surface area contributed by atoms with Gasteiger partial charge in [-0.2, -0.15) is 0 Å². The number of methoxy groups -OCH3 is 2. The number of nitrogens with zero attached hydrogens (tertiary/aromatic N) is 3. The van der Waals surface area contributed by atoms with Gasteiger partial charge in [0.15, 0.2) is 0 Å². The van der Waals surface area contributed by atoms with E-state index >= 15 is 0 Å². The van der Waals surface area contributed by atoms with Crippen molar-refractivity contribution in [2.45, 2.75) is 70.5 Å². The number of halogens is 1. The molecule has 29 heavy (non-hydrogen) atoms. The van der Waals surface area contributed by atoms with Crippen LogP contribution in [0.5, 0.6) is 0 Å². The van der Waals surface area contributed by atoms with Gasteiger partial charge in [-0.05, 0) is 18.1 Å². The van der Waals surface area contributed by atoms with Crippen molar-refractivity contribution in [2.24, 2.45) is 0 Å². The molecular weight excluding hydrogens is 410 g/mol. The van der Waals surface area contributed by atoms with Crippen LogP contribution in [0.4, 0.5) is 0 Å². The summed E-state index contributed by atoms with van der Waals surface area (Å²) in [5.74, 6) is 3.77. The van der Waals surface area contributed by atoms with Crippen molar-refractivity contribution < 1.29 is 18.9 Å². The van der Waals surface area contributed by atoms with E-state index in [1.54, 1.807) is 20.4 Å². The fourth-order valence-electron chi connectivity index (χ4n) is 3.05. The molecule has 0 N–H and O–H groups in total. The molecule has 0 aromatic carbocycles. The van der Waals surface area contributed by atoms with Crippen molar-refractivity contribution in [3.63, 3.8) is 0 Å². The normalized spacial score (nSPS) is 13.7. The second kappa shape index (κ2) is 14.9. The topological polar surface area (TPSA) is 67.6 Å². The lowest BCUT2D eigenvalue weighted by Crippen LogP contribution is -2.30. The first-order valence-electron chi connectivity index (χ1n) is 10.2. The van der Waals surface area contributed by atoms with E-state index in [9.17, 15) is 0 Å². The molecule has 0 spiro atoms. The molecule has 0 radical (unpaired) electrons. The third-order valence-corrected chi connectivity index (χ3v) is 10.4. The minimum Gasteiger partial charge on any atom is -0.359 e. The lowest BCUT2D eigenvalue weighted by atomic mass is 10.2. The van der Waals surface area contributed by atoms with E-state index in [-0.39, 0.29) is 25.8 Å². The summed E-state index contributed by atoms with van der Waals surface area (Å²) in [7, 11) is 1.73. The smallest absolute Gasteiger partial charge is 0.146 e. The van der Waals surface area contributed by atoms with Crippen molar-refractivity contribution in [2.75, 3.05) is 33.7 Å². The van der Waals surface area contributed by atoms with Gasteiger partial charge in [-0.15, -0.1) is 28.2 Å². The summed E-state index contributed by atoms with van der Waals surface area (Å²) in [6.45, 7) is 7.74. The van der Waals surface area contributed by atoms with Gasteiger partial charge in [0, 0.05) is 32.9 Å². The van der Waals surface area contributed by atoms with Crippen molar-refractivity contribution >= 4 is 19.7 Å². The fourth-order valence-corrected chi connectivity index (χ4v) is 5.75. The fraction of sp³-hybridized carbons (Fsp3) is 0.800. The molecule has 0 saturated carbocycles. The highest BCUT2D eigenvalue weighted by Crippen LogP contribution is 2.19. The van der Waals surface area contributed by atoms with Gasteiger partial charge in [-0.25, -0.2) is 4.68 Å². The van der Waals surface area contributed by atoms with Crippen LogP contribution in [-0.2, 0) is 31.9 Å². The summed E-state index contributed by atoms with van der Waals surface area (Å²) < 4.78 is 23.3. The second-order valence-electron chi connectivity index (χ2n) is 7.00. The van der Waals surface area contributed by atoms with Crippen molar-refractivity contribution in [3.05, 3.63) is 11.9 Å². The summed E-state index contributed by atoms with van der Waals surface area (Å²) in [6.07, 6.45) is 2.67. The highest BCUT2D eigenvalue weighted by atomic mass is 35.5. The molecule has 0 unspecified atom stereocenters. The van der Waals surface area contributed by atoms with E-state index in [1.807, 2.05) is 4.68 Å². The van der Waals surface area contributed by atoms with Gasteiger partial charge in [-0.1, -0.05) is 26.0 Å². The zero-order valence-corrected chi connectivity index (χ0v) is 20.2. The SMILES string of the molecule is CC[Si](C#CC[C@@H](Cn1nncc1C[C@@H](CCl)OCOC)OCOC)(CC)CC. The lowest BCUT2D eigenvalue weighted by Gasteiger charge is -2.21. The van der Waals surface area contributed by atoms with Crippen molar-refractivity contribution in [1.29, 1.82) is 0 Å². The van der Waals surface area contributed by atoms with Gasteiger partial charge in [0.05, 0.1) is 30.6 Å². The molecule has 0 aliphatic heterocycles. The van der Waals surface area contributed by atoms with E-state index in [1.165, 1.54) is 18.1 Å². The van der Waals surface area contributed by atoms with Crippen LogP contribution in [0, 0.1) is 11.5 Å². The molecular formula is C20H36ClN3O4Si. The molecule has 0 aliphatic rings. The van der Waals surface area contributed by atoms with Gasteiger partial charge >= 0.3 is 0 Å². The predicted octanol–water partition coefficient (Wildman–Crippen LogP) is 3.48. The zero-order chi connectivity index (χ0) is 21.5. The Kier molecular flexibility index (Phi) is 13.4. The van der Waals surface area contributed by atoms with Gasteiger partial charge in [0.1, 0.15) is 21.7 Å². The van der Waals surface area contributed by atoms with Crippen LogP contribution in [-0.4, -0.2) is 69.0 Å². The highest BCUT2D eigenvalue weighted by molar-refractivity contribution is 6.87. The molecule has 0 aliphatic carbocycles. The van der Waals surface area contributed by atoms with Crippen molar-refractivity contribution in [1.82, 2.24) is 15.0 Å². The number of ether oxygens (including phenoxy) is 4. The first kappa shape index (κ1) is 26.1. The first-order chi connectivity index (χ1) is 14.1. The number of alkyl halides is 1. The molecule has 0 bridgehead atoms. The first-order valence-corrected chi connectivity index (χ1v) is 13.4. The molecule has 0 saturated heterocycles. The Hall–Kier alpha value is -0.953. The Morgan fingerprint density at radius 3 is 2.24 bits per heavy atom. The predicted molar refractivity (Wildman–Crippen MR) is 118 cm³/mol. The monoisotopic (exact) mass is 445 g/mol. The number of rotatable bonds is 15. The standard InChI is InChI=1S/C20H36ClN3O4Si/c1-6-29(7-2,8-3)11-9-10-19(27-16-25-4)15-24-18(14-22-23-24)12-20(13-21)28-17-26-5/h14,19-20H,6-8,10,12-13,15-17H2,1-5H3/t19-,20-/m0/s1. The van der Waals surface area contributed by atoms with Crippen LogP contribution in [0.3, 0.4) is 0 Å². The van der Waals surface area contributed by atoms with E-state index in [0.717, 1.165) is 5.69 Å². The molecule has 7 nitrogen and oxygen atoms in total. The average molecular weight is 446 g/mol. The molecule has 9 heteroatoms. The van der Waals surface area contributed by atoms with E-state index in [2.05, 4.69) is 42.5 Å². The van der Waals surface area contributed by atoms with Crippen LogP contribution in [0.1, 0.15) is 32.9 Å². The molecule has 1 aromatic heterocycles. The van der Waals surface area contributed by atoms with Crippen LogP contribution < -0.4 is 0 Å². The molecule has 0 amide bonds. The van der Waals surface area contributed by atoms with Crippen LogP contribution in [0.2, 0.25) is 18.1 Å². The van der Waals surface area contributed by atoms with Crippen LogP contribution in [0.25, 0.3) is 0 Å². The summed E-state index contributed by atoms with van der Waals surface area (Å²) in [5.41, 5.74) is 4.55. The quantitative estimate of drug-likeness (QED) is 0.178. The molecule has 0 fully saturated rings. The summed E-state index contributed by atoms with van der Waals surface area (Å²) in [4.78, 5) is 0. The molecule has 1 aromatic rings. The number of hydrogen-bond donors (Lipinski definition) is 0. The largest absolute Gasteiger partial charge is 0.359 e. The minimum atomic E-state index is -1.47. The third kappa shape index (κ3) is 9.16. The van der Waals surface area contributed by atoms with E-state index in [4.69, 9.17) is 30.5 Å². The maximum absolute atomic E-state index is 6.01. The summed E-state index contributed by atoms with van der Waals surface area (Å²) >= 11 is 6.01. The van der Waals surface area contributed by atoms with Crippen LogP contribution >= 0.6 is 11.6 Å². The maximum atomic E-state index is 6.01. The number of hydrogen-bond acceptors (Lipinski definition) is 6. The molecule has 166 valence electrons. The average Bonchev–Trinajstić information content (AvgIpc) is 3.19. The van der Waals surface area contributed by atoms with E-state index < -0.39 is 8.07 Å².